The molecule has 0 saturated carbocycles. The topological polar surface area (TPSA) is 55.8 Å². The van der Waals surface area contributed by atoms with Crippen LogP contribution in [0.25, 0.3) is 0 Å². The number of carbonyl (C=O) groups is 2. The summed E-state index contributed by atoms with van der Waals surface area (Å²) in [5.74, 6) is -0.0694. The molecule has 0 bridgehead atoms. The highest BCUT2D eigenvalue weighted by molar-refractivity contribution is 5.82. The highest BCUT2D eigenvalue weighted by Crippen LogP contribution is 2.25. The second kappa shape index (κ2) is 8.79. The summed E-state index contributed by atoms with van der Waals surface area (Å²) in [6.07, 6.45) is 3.13. The lowest BCUT2D eigenvalue weighted by Crippen LogP contribution is -2.21. The molecule has 1 aromatic rings. The quantitative estimate of drug-likeness (QED) is 0.319. The molecule has 0 radical (unpaired) electrons. The lowest BCUT2D eigenvalue weighted by atomic mass is 10.2. The Morgan fingerprint density at radius 1 is 1.24 bits per heavy atom. The van der Waals surface area contributed by atoms with Crippen LogP contribution in [0.4, 0.5) is 5.69 Å². The molecule has 0 heterocycles. The first kappa shape index (κ1) is 16.8. The van der Waals surface area contributed by atoms with Gasteiger partial charge in [0.05, 0.1) is 24.5 Å². The molecule has 0 fully saturated rings. The van der Waals surface area contributed by atoms with E-state index in [1.165, 1.54) is 12.3 Å². The van der Waals surface area contributed by atoms with Crippen LogP contribution in [0.1, 0.15) is 31.1 Å². The SMILES string of the molecule is CCOC(=O)C=COc1cc(N(CC)CC)ccc1C=O. The molecule has 0 spiro atoms. The molecular weight excluding hydrogens is 270 g/mol. The van der Waals surface area contributed by atoms with Gasteiger partial charge in [0.15, 0.2) is 6.29 Å². The monoisotopic (exact) mass is 291 g/mol. The van der Waals surface area contributed by atoms with Gasteiger partial charge in [-0.25, -0.2) is 4.79 Å². The van der Waals surface area contributed by atoms with Crippen LogP contribution in [0.5, 0.6) is 5.75 Å². The number of hydrogen-bond donors (Lipinski definition) is 0. The fraction of sp³-hybridized carbons (Fsp3) is 0.375. The molecular formula is C16H21NO4. The normalized spacial score (nSPS) is 10.4. The Morgan fingerprint density at radius 3 is 2.52 bits per heavy atom. The van der Waals surface area contributed by atoms with Crippen molar-refractivity contribution < 1.29 is 19.1 Å². The highest BCUT2D eigenvalue weighted by atomic mass is 16.5. The summed E-state index contributed by atoms with van der Waals surface area (Å²) in [6.45, 7) is 7.85. The zero-order valence-corrected chi connectivity index (χ0v) is 12.7. The van der Waals surface area contributed by atoms with Gasteiger partial charge in [-0.2, -0.15) is 0 Å². The number of nitrogens with zero attached hydrogens (tertiary/aromatic N) is 1. The van der Waals surface area contributed by atoms with Crippen molar-refractivity contribution in [3.8, 4) is 5.75 Å². The third-order valence-corrected chi connectivity index (χ3v) is 2.94. The zero-order chi connectivity index (χ0) is 15.7. The van der Waals surface area contributed by atoms with E-state index in [1.54, 1.807) is 19.1 Å². The summed E-state index contributed by atoms with van der Waals surface area (Å²) >= 11 is 0. The summed E-state index contributed by atoms with van der Waals surface area (Å²) < 4.78 is 10.1. The van der Waals surface area contributed by atoms with E-state index in [1.807, 2.05) is 6.07 Å². The second-order valence-corrected chi connectivity index (χ2v) is 4.18. The van der Waals surface area contributed by atoms with Crippen LogP contribution in [0.3, 0.4) is 0 Å². The van der Waals surface area contributed by atoms with Crippen LogP contribution in [0, 0.1) is 0 Å². The van der Waals surface area contributed by atoms with Gasteiger partial charge in [0.2, 0.25) is 0 Å². The maximum Gasteiger partial charge on any atom is 0.333 e. The van der Waals surface area contributed by atoms with Gasteiger partial charge >= 0.3 is 5.97 Å². The van der Waals surface area contributed by atoms with Gasteiger partial charge in [0, 0.05) is 24.8 Å². The average molecular weight is 291 g/mol. The van der Waals surface area contributed by atoms with Crippen molar-refractivity contribution in [2.75, 3.05) is 24.6 Å². The second-order valence-electron chi connectivity index (χ2n) is 4.18. The van der Waals surface area contributed by atoms with Gasteiger partial charge < -0.3 is 14.4 Å². The molecule has 0 amide bonds. The molecule has 0 aliphatic rings. The Labute approximate surface area is 125 Å². The van der Waals surface area contributed by atoms with E-state index in [-0.39, 0.29) is 0 Å². The van der Waals surface area contributed by atoms with Gasteiger partial charge in [-0.15, -0.1) is 0 Å². The number of ether oxygens (including phenoxy) is 2. The van der Waals surface area contributed by atoms with Crippen LogP contribution >= 0.6 is 0 Å². The fourth-order valence-electron chi connectivity index (χ4n) is 1.86. The number of hydrogen-bond acceptors (Lipinski definition) is 5. The molecule has 0 atom stereocenters. The predicted octanol–water partition coefficient (Wildman–Crippen LogP) is 2.80. The maximum atomic E-state index is 11.2. The summed E-state index contributed by atoms with van der Waals surface area (Å²) in [7, 11) is 0. The molecule has 0 N–H and O–H groups in total. The summed E-state index contributed by atoms with van der Waals surface area (Å²) in [4.78, 5) is 24.4. The Morgan fingerprint density at radius 2 is 1.95 bits per heavy atom. The molecule has 21 heavy (non-hydrogen) atoms. The van der Waals surface area contributed by atoms with Crippen molar-refractivity contribution in [2.24, 2.45) is 0 Å². The molecule has 5 heteroatoms. The van der Waals surface area contributed by atoms with Crippen LogP contribution in [0.2, 0.25) is 0 Å². The number of carbonyl (C=O) groups excluding carboxylic acids is 2. The molecule has 0 aromatic heterocycles. The lowest BCUT2D eigenvalue weighted by molar-refractivity contribution is -0.137. The van der Waals surface area contributed by atoms with E-state index in [9.17, 15) is 9.59 Å². The van der Waals surface area contributed by atoms with E-state index in [0.29, 0.717) is 17.9 Å². The van der Waals surface area contributed by atoms with Crippen LogP contribution in [-0.4, -0.2) is 32.0 Å². The molecule has 0 aliphatic carbocycles. The largest absolute Gasteiger partial charge is 0.464 e. The van der Waals surface area contributed by atoms with Gasteiger partial charge in [-0.3, -0.25) is 4.79 Å². The Balaban J connectivity index is 2.90. The Kier molecular flexibility index (Phi) is 7.01. The third-order valence-electron chi connectivity index (χ3n) is 2.94. The van der Waals surface area contributed by atoms with Gasteiger partial charge in [-0.05, 0) is 32.9 Å². The summed E-state index contributed by atoms with van der Waals surface area (Å²) in [5, 5.41) is 0. The van der Waals surface area contributed by atoms with Crippen molar-refractivity contribution in [1.82, 2.24) is 0 Å². The Hall–Kier alpha value is -2.30. The highest BCUT2D eigenvalue weighted by Gasteiger charge is 2.08. The molecule has 114 valence electrons. The van der Waals surface area contributed by atoms with Crippen LogP contribution in [0.15, 0.2) is 30.5 Å². The van der Waals surface area contributed by atoms with Crippen LogP contribution < -0.4 is 9.64 Å². The number of anilines is 1. The van der Waals surface area contributed by atoms with Crippen molar-refractivity contribution in [3.05, 3.63) is 36.1 Å². The van der Waals surface area contributed by atoms with Crippen molar-refractivity contribution >= 4 is 17.9 Å². The number of benzene rings is 1. The van der Waals surface area contributed by atoms with Crippen LogP contribution in [-0.2, 0) is 9.53 Å². The van der Waals surface area contributed by atoms with E-state index < -0.39 is 5.97 Å². The minimum Gasteiger partial charge on any atom is -0.464 e. The number of rotatable bonds is 8. The predicted molar refractivity (Wildman–Crippen MR) is 81.8 cm³/mol. The first-order chi connectivity index (χ1) is 10.2. The summed E-state index contributed by atoms with van der Waals surface area (Å²) in [6, 6.07) is 5.36. The zero-order valence-electron chi connectivity index (χ0n) is 12.7. The van der Waals surface area contributed by atoms with Crippen molar-refractivity contribution in [2.45, 2.75) is 20.8 Å². The molecule has 0 aliphatic heterocycles. The van der Waals surface area contributed by atoms with E-state index in [4.69, 9.17) is 9.47 Å². The molecule has 0 unspecified atom stereocenters. The first-order valence-corrected chi connectivity index (χ1v) is 7.00. The smallest absolute Gasteiger partial charge is 0.333 e. The average Bonchev–Trinajstić information content (AvgIpc) is 2.49. The van der Waals surface area contributed by atoms with Gasteiger partial charge in [0.1, 0.15) is 5.75 Å². The fourth-order valence-corrected chi connectivity index (χ4v) is 1.86. The maximum absolute atomic E-state index is 11.2. The van der Waals surface area contributed by atoms with E-state index in [2.05, 4.69) is 18.7 Å². The molecule has 1 aromatic carbocycles. The number of aldehydes is 1. The third kappa shape index (κ3) is 4.95. The lowest BCUT2D eigenvalue weighted by Gasteiger charge is -2.21. The summed E-state index contributed by atoms with van der Waals surface area (Å²) in [5.41, 5.74) is 1.39. The molecule has 1 rings (SSSR count). The molecule has 0 saturated heterocycles. The van der Waals surface area contributed by atoms with Crippen molar-refractivity contribution in [1.29, 1.82) is 0 Å². The van der Waals surface area contributed by atoms with E-state index >= 15 is 0 Å². The van der Waals surface area contributed by atoms with Gasteiger partial charge in [0.25, 0.3) is 0 Å². The van der Waals surface area contributed by atoms with Gasteiger partial charge in [-0.1, -0.05) is 0 Å². The molecule has 5 nitrogen and oxygen atoms in total. The number of esters is 1. The van der Waals surface area contributed by atoms with E-state index in [0.717, 1.165) is 25.1 Å². The standard InChI is InChI=1S/C16H21NO4/c1-4-17(5-2)14-8-7-13(12-18)15(11-14)21-10-9-16(19)20-6-3/h7-12H,4-6H2,1-3H3. The van der Waals surface area contributed by atoms with Crippen molar-refractivity contribution in [3.63, 3.8) is 0 Å². The Bertz CT molecular complexity index is 507. The first-order valence-electron chi connectivity index (χ1n) is 7.00. The minimum atomic E-state index is -0.481. The minimum absolute atomic E-state index is 0.306.